The number of nitrogens with zero attached hydrogens (tertiary/aromatic N) is 9. The number of aliphatic carboxylic acids is 1. The fourth-order valence-electron chi connectivity index (χ4n) is 6.02. The Morgan fingerprint density at radius 2 is 1.19 bits per heavy atom. The summed E-state index contributed by atoms with van der Waals surface area (Å²) in [6, 6.07) is 14.9. The number of hydrogen-bond acceptors (Lipinski definition) is 15. The minimum atomic E-state index is -0.899. The van der Waals surface area contributed by atoms with Gasteiger partial charge in [0.25, 0.3) is 11.1 Å². The number of H-pyrrole nitrogens is 2. The lowest BCUT2D eigenvalue weighted by atomic mass is 10.2. The topological polar surface area (TPSA) is 241 Å². The summed E-state index contributed by atoms with van der Waals surface area (Å²) in [4.78, 5) is 76.4. The molecule has 0 spiro atoms. The SMILES string of the molecule is Cl.N#Cc1ccc(N2CCN(C(=O)CCc3nc4sccc4c(=O)[nH]3)CC2)nc1.N#Cc1ccc(N2CCNCC2)nc1.O=C(O)CCc1nc2sccc2c(=O)[nH]1. The van der Waals surface area contributed by atoms with E-state index in [9.17, 15) is 19.2 Å². The van der Waals surface area contributed by atoms with Crippen LogP contribution in [0.2, 0.25) is 0 Å². The standard InChI is InChI=1S/C19H18N6O2S.C10H12N4.C9H8N2O3S.ClH/c20-11-13-1-3-16(21-12-13)24-6-8-25(9-7-24)17(26)4-2-15-22-18(27)14-5-10-28-19(14)23-15;11-7-9-1-2-10(13-8-9)14-5-3-12-4-6-14;12-7(13)2-1-6-10-8(14)5-3-4-15-9(5)11-6;/h1,3,5,10,12H,2,4,6-9H2,(H,22,23,27);1-2,8,12H,3-6H2;3-4H,1-2H2,(H,12,13)(H,10,11,14);1H. The van der Waals surface area contributed by atoms with Crippen LogP contribution < -0.4 is 26.2 Å². The van der Waals surface area contributed by atoms with Gasteiger partial charge in [-0.2, -0.15) is 10.5 Å². The second-order valence-electron chi connectivity index (χ2n) is 12.8. The van der Waals surface area contributed by atoms with Gasteiger partial charge in [0.05, 0.1) is 28.3 Å². The number of rotatable bonds is 8. The van der Waals surface area contributed by atoms with Crippen LogP contribution in [0.15, 0.2) is 69.1 Å². The van der Waals surface area contributed by atoms with E-state index >= 15 is 0 Å². The summed E-state index contributed by atoms with van der Waals surface area (Å²) in [6.07, 6.45) is 4.13. The molecule has 0 unspecified atom stereocenters. The number of fused-ring (bicyclic) bond motifs is 2. The molecule has 2 aliphatic rings. The Morgan fingerprint density at radius 1 is 0.707 bits per heavy atom. The van der Waals surface area contributed by atoms with Crippen LogP contribution in [0.4, 0.5) is 11.6 Å². The number of carboxylic acid groups (broad SMARTS) is 1. The Labute approximate surface area is 346 Å². The Balaban J connectivity index is 0.000000180. The van der Waals surface area contributed by atoms with E-state index in [0.29, 0.717) is 82.2 Å². The van der Waals surface area contributed by atoms with Crippen molar-refractivity contribution < 1.29 is 14.7 Å². The molecule has 6 aromatic heterocycles. The molecule has 2 fully saturated rings. The van der Waals surface area contributed by atoms with Crippen LogP contribution in [0.5, 0.6) is 0 Å². The van der Waals surface area contributed by atoms with Gasteiger partial charge in [-0.05, 0) is 47.2 Å². The molecule has 2 aliphatic heterocycles. The fourth-order valence-corrected chi connectivity index (χ4v) is 7.59. The molecule has 0 radical (unpaired) electrons. The van der Waals surface area contributed by atoms with Crippen molar-refractivity contribution in [2.24, 2.45) is 0 Å². The second-order valence-corrected chi connectivity index (χ2v) is 14.6. The van der Waals surface area contributed by atoms with Gasteiger partial charge in [-0.1, -0.05) is 0 Å². The zero-order valence-electron chi connectivity index (χ0n) is 31.1. The Kier molecular flexibility index (Phi) is 15.4. The Bertz CT molecular complexity index is 2510. The Morgan fingerprint density at radius 3 is 1.64 bits per heavy atom. The second kappa shape index (κ2) is 20.8. The predicted molar refractivity (Wildman–Crippen MR) is 224 cm³/mol. The van der Waals surface area contributed by atoms with Crippen LogP contribution >= 0.6 is 35.1 Å². The lowest BCUT2D eigenvalue weighted by Gasteiger charge is -2.35. The monoisotopic (exact) mass is 842 g/mol. The molecule has 8 rings (SSSR count). The number of hydrogen-bond donors (Lipinski definition) is 4. The van der Waals surface area contributed by atoms with Gasteiger partial charge in [0.15, 0.2) is 0 Å². The number of carbonyl (C=O) groups excluding carboxylic acids is 1. The molecule has 0 aliphatic carbocycles. The molecule has 17 nitrogen and oxygen atoms in total. The van der Waals surface area contributed by atoms with Crippen LogP contribution in [0, 0.1) is 22.7 Å². The lowest BCUT2D eigenvalue weighted by molar-refractivity contribution is -0.137. The average Bonchev–Trinajstić information content (AvgIpc) is 3.94. The highest BCUT2D eigenvalue weighted by molar-refractivity contribution is 7.17. The molecule has 2 saturated heterocycles. The number of aromatic amines is 2. The van der Waals surface area contributed by atoms with Crippen molar-refractivity contribution in [2.75, 3.05) is 62.2 Å². The Hall–Kier alpha value is -6.25. The summed E-state index contributed by atoms with van der Waals surface area (Å²) >= 11 is 2.79. The number of anilines is 2. The molecule has 8 heterocycles. The van der Waals surface area contributed by atoms with Gasteiger partial charge in [0, 0.05) is 84.0 Å². The minimum absolute atomic E-state index is 0. The summed E-state index contributed by atoms with van der Waals surface area (Å²) in [5.41, 5.74) is 0.785. The molecule has 0 atom stereocenters. The summed E-state index contributed by atoms with van der Waals surface area (Å²) in [6.45, 7) is 6.60. The third kappa shape index (κ3) is 11.4. The van der Waals surface area contributed by atoms with Gasteiger partial charge in [-0.25, -0.2) is 19.9 Å². The summed E-state index contributed by atoms with van der Waals surface area (Å²) in [5, 5.41) is 34.0. The van der Waals surface area contributed by atoms with E-state index in [2.05, 4.69) is 57.2 Å². The van der Waals surface area contributed by atoms with Crippen LogP contribution in [-0.4, -0.2) is 104 Å². The van der Waals surface area contributed by atoms with Crippen molar-refractivity contribution in [1.29, 1.82) is 10.5 Å². The minimum Gasteiger partial charge on any atom is -0.481 e. The molecule has 20 heteroatoms. The van der Waals surface area contributed by atoms with Gasteiger partial charge in [0.2, 0.25) is 5.91 Å². The number of piperazine rings is 2. The van der Waals surface area contributed by atoms with E-state index in [-0.39, 0.29) is 42.3 Å². The third-order valence-electron chi connectivity index (χ3n) is 9.07. The molecule has 300 valence electrons. The summed E-state index contributed by atoms with van der Waals surface area (Å²) < 4.78 is 0. The first-order valence-corrected chi connectivity index (χ1v) is 19.8. The smallest absolute Gasteiger partial charge is 0.303 e. The van der Waals surface area contributed by atoms with E-state index in [1.807, 2.05) is 28.5 Å². The van der Waals surface area contributed by atoms with Crippen molar-refractivity contribution in [2.45, 2.75) is 25.7 Å². The molecular formula is C38H39ClN12O5S2. The van der Waals surface area contributed by atoms with Crippen molar-refractivity contribution in [3.8, 4) is 12.1 Å². The van der Waals surface area contributed by atoms with Gasteiger partial charge in [-0.15, -0.1) is 35.1 Å². The molecule has 0 bridgehead atoms. The van der Waals surface area contributed by atoms with Gasteiger partial charge in [0.1, 0.15) is 45.1 Å². The van der Waals surface area contributed by atoms with Crippen LogP contribution in [-0.2, 0) is 22.4 Å². The molecule has 0 saturated carbocycles. The number of nitriles is 2. The number of thiophene rings is 2. The zero-order valence-corrected chi connectivity index (χ0v) is 33.5. The summed E-state index contributed by atoms with van der Waals surface area (Å²) in [5.74, 6) is 1.92. The lowest BCUT2D eigenvalue weighted by Crippen LogP contribution is -2.49. The van der Waals surface area contributed by atoms with Crippen LogP contribution in [0.3, 0.4) is 0 Å². The van der Waals surface area contributed by atoms with Crippen molar-refractivity contribution in [1.82, 2.24) is 40.1 Å². The van der Waals surface area contributed by atoms with E-state index in [1.54, 1.807) is 36.0 Å². The highest BCUT2D eigenvalue weighted by atomic mass is 35.5. The normalized spacial score (nSPS) is 13.6. The van der Waals surface area contributed by atoms with E-state index < -0.39 is 5.97 Å². The number of halogens is 1. The van der Waals surface area contributed by atoms with Crippen molar-refractivity contribution in [3.63, 3.8) is 0 Å². The maximum Gasteiger partial charge on any atom is 0.303 e. The molecular weight excluding hydrogens is 804 g/mol. The average molecular weight is 843 g/mol. The van der Waals surface area contributed by atoms with Gasteiger partial charge >= 0.3 is 5.97 Å². The largest absolute Gasteiger partial charge is 0.481 e. The number of aryl methyl sites for hydroxylation is 2. The first-order chi connectivity index (χ1) is 27.7. The molecule has 0 aromatic carbocycles. The predicted octanol–water partition coefficient (Wildman–Crippen LogP) is 3.32. The van der Waals surface area contributed by atoms with Crippen molar-refractivity contribution in [3.05, 3.63) is 103 Å². The number of amides is 1. The summed E-state index contributed by atoms with van der Waals surface area (Å²) in [7, 11) is 0. The maximum atomic E-state index is 12.5. The number of pyridine rings is 2. The molecule has 58 heavy (non-hydrogen) atoms. The number of aromatic nitrogens is 6. The highest BCUT2D eigenvalue weighted by Gasteiger charge is 2.22. The van der Waals surface area contributed by atoms with E-state index in [4.69, 9.17) is 15.6 Å². The molecule has 4 N–H and O–H groups in total. The molecule has 1 amide bonds. The number of carboxylic acids is 1. The molecule has 6 aromatic rings. The van der Waals surface area contributed by atoms with Gasteiger partial charge in [-0.3, -0.25) is 19.2 Å². The van der Waals surface area contributed by atoms with Gasteiger partial charge < -0.3 is 35.1 Å². The zero-order chi connectivity index (χ0) is 40.1. The quantitative estimate of drug-likeness (QED) is 0.172. The first kappa shape index (κ1) is 42.9. The third-order valence-corrected chi connectivity index (χ3v) is 10.7. The highest BCUT2D eigenvalue weighted by Crippen LogP contribution is 2.17. The van der Waals surface area contributed by atoms with Crippen molar-refractivity contribution >= 4 is 79.0 Å². The number of nitrogens with one attached hydrogen (secondary N) is 3. The van der Waals surface area contributed by atoms with E-state index in [1.165, 1.54) is 22.7 Å². The van der Waals surface area contributed by atoms with Crippen LogP contribution in [0.1, 0.15) is 35.6 Å². The van der Waals surface area contributed by atoms with Crippen LogP contribution in [0.25, 0.3) is 20.4 Å². The fraction of sp³-hybridized carbons (Fsp3) is 0.316. The first-order valence-electron chi connectivity index (χ1n) is 18.1. The number of carbonyl (C=O) groups is 2. The maximum absolute atomic E-state index is 12.5. The van der Waals surface area contributed by atoms with E-state index in [0.717, 1.165) is 37.8 Å².